The third-order valence-corrected chi connectivity index (χ3v) is 0.178. The van der Waals surface area contributed by atoms with Gasteiger partial charge in [0.25, 0.3) is 0 Å². The van der Waals surface area contributed by atoms with E-state index < -0.39 is 5.97 Å². The van der Waals surface area contributed by atoms with E-state index in [9.17, 15) is 4.39 Å². The fraction of sp³-hybridized carbons (Fsp3) is 0.500. The fourth-order valence-electron chi connectivity index (χ4n) is 0. The molecule has 0 heterocycles. The van der Waals surface area contributed by atoms with Crippen molar-refractivity contribution in [2.45, 2.75) is 6.92 Å². The Hall–Kier alpha value is -0.600. The highest BCUT2D eigenvalue weighted by Gasteiger charge is 1.70. The second-order valence-electron chi connectivity index (χ2n) is 0.626. The van der Waals surface area contributed by atoms with Crippen LogP contribution < -0.4 is 5.84 Å². The number of nitrogens with zero attached hydrogens (tertiary/aromatic N) is 1. The molecule has 0 saturated carbocycles. The van der Waals surface area contributed by atoms with Gasteiger partial charge in [0.1, 0.15) is 0 Å². The zero-order valence-corrected chi connectivity index (χ0v) is 2.90. The second-order valence-corrected chi connectivity index (χ2v) is 0.626. The summed E-state index contributed by atoms with van der Waals surface area (Å²) in [6, 6.07) is 0. The van der Waals surface area contributed by atoms with Crippen molar-refractivity contribution < 1.29 is 4.39 Å². The maximum absolute atomic E-state index is 11.1. The minimum absolute atomic E-state index is 0.593. The topological polar surface area (TPSA) is 38.4 Å². The molecule has 0 unspecified atom stereocenters. The summed E-state index contributed by atoms with van der Waals surface area (Å²) in [4.78, 5) is 0. The Morgan fingerprint density at radius 2 is 2.20 bits per heavy atom. The van der Waals surface area contributed by atoms with E-state index in [2.05, 4.69) is 10.9 Å². The molecule has 0 aromatic rings. The van der Waals surface area contributed by atoms with Crippen LogP contribution in [0.5, 0.6) is 0 Å². The largest absolute Gasteiger partial charge is 0.321 e. The molecule has 0 aromatic carbocycles. The van der Waals surface area contributed by atoms with E-state index in [0.717, 1.165) is 0 Å². The summed E-state index contributed by atoms with van der Waals surface area (Å²) >= 11 is 0. The Morgan fingerprint density at radius 1 is 2.00 bits per heavy atom. The molecule has 30 valence electrons. The normalized spacial score (nSPS) is 12.0. The standard InChI is InChI=1S/C2H5FN2/c1-2(3)5-4/h4H2,1H3. The summed E-state index contributed by atoms with van der Waals surface area (Å²) in [6.45, 7) is 1.18. The lowest BCUT2D eigenvalue weighted by Gasteiger charge is -1.68. The summed E-state index contributed by atoms with van der Waals surface area (Å²) in [5, 5.41) is 2.64. The first-order chi connectivity index (χ1) is 2.27. The number of hydrazone groups is 1. The highest BCUT2D eigenvalue weighted by atomic mass is 19.1. The first-order valence-corrected chi connectivity index (χ1v) is 1.17. The molecular formula is C2H5FN2. The molecule has 5 heavy (non-hydrogen) atoms. The van der Waals surface area contributed by atoms with Gasteiger partial charge in [-0.05, 0) is 0 Å². The Labute approximate surface area is 29.5 Å². The van der Waals surface area contributed by atoms with Gasteiger partial charge in [0.15, 0.2) is 0 Å². The molecule has 0 atom stereocenters. The summed E-state index contributed by atoms with van der Waals surface area (Å²) in [6.07, 6.45) is 0. The van der Waals surface area contributed by atoms with E-state index >= 15 is 0 Å². The van der Waals surface area contributed by atoms with Crippen molar-refractivity contribution in [1.29, 1.82) is 0 Å². The van der Waals surface area contributed by atoms with Crippen molar-refractivity contribution in [3.63, 3.8) is 0 Å². The van der Waals surface area contributed by atoms with Crippen LogP contribution in [-0.2, 0) is 0 Å². The second kappa shape index (κ2) is 1.69. The summed E-state index contributed by atoms with van der Waals surface area (Å²) in [7, 11) is 0. The van der Waals surface area contributed by atoms with E-state index in [4.69, 9.17) is 0 Å². The molecule has 0 aliphatic carbocycles. The lowest BCUT2D eigenvalue weighted by atomic mass is 10.9. The molecule has 0 fully saturated rings. The molecule has 2 nitrogen and oxygen atoms in total. The highest BCUT2D eigenvalue weighted by Crippen LogP contribution is 1.65. The lowest BCUT2D eigenvalue weighted by Crippen LogP contribution is -1.84. The van der Waals surface area contributed by atoms with Crippen LogP contribution in [0, 0.1) is 0 Å². The van der Waals surface area contributed by atoms with Gasteiger partial charge >= 0.3 is 0 Å². The smallest absolute Gasteiger partial charge is 0.204 e. The molecule has 0 aliphatic rings. The van der Waals surface area contributed by atoms with Gasteiger partial charge in [-0.25, -0.2) is 0 Å². The molecule has 0 spiro atoms. The minimum atomic E-state index is -0.593. The first kappa shape index (κ1) is 4.40. The Balaban J connectivity index is 3.14. The number of hydrogen-bond acceptors (Lipinski definition) is 2. The minimum Gasteiger partial charge on any atom is -0.321 e. The van der Waals surface area contributed by atoms with Crippen molar-refractivity contribution in [2.75, 3.05) is 0 Å². The van der Waals surface area contributed by atoms with E-state index in [1.165, 1.54) is 6.92 Å². The van der Waals surface area contributed by atoms with Gasteiger partial charge in [-0.1, -0.05) is 0 Å². The zero-order valence-electron chi connectivity index (χ0n) is 2.90. The maximum Gasteiger partial charge on any atom is 0.204 e. The van der Waals surface area contributed by atoms with Gasteiger partial charge in [-0.15, -0.1) is 0 Å². The van der Waals surface area contributed by atoms with Crippen LogP contribution in [0.1, 0.15) is 6.92 Å². The van der Waals surface area contributed by atoms with Crippen molar-refractivity contribution in [3.05, 3.63) is 0 Å². The zero-order chi connectivity index (χ0) is 4.28. The highest BCUT2D eigenvalue weighted by molar-refractivity contribution is 5.70. The Kier molecular flexibility index (Phi) is 1.49. The predicted molar refractivity (Wildman–Crippen MR) is 18.4 cm³/mol. The molecule has 0 amide bonds. The molecule has 3 heteroatoms. The number of nitrogens with two attached hydrogens (primary N) is 1. The van der Waals surface area contributed by atoms with Crippen LogP contribution in [0.2, 0.25) is 0 Å². The van der Waals surface area contributed by atoms with Crippen molar-refractivity contribution >= 4 is 5.97 Å². The number of rotatable bonds is 0. The number of hydrogen-bond donors (Lipinski definition) is 1. The lowest BCUT2D eigenvalue weighted by molar-refractivity contribution is 0.788. The average Bonchev–Trinajstić information content (AvgIpc) is 1.38. The Morgan fingerprint density at radius 3 is 2.20 bits per heavy atom. The van der Waals surface area contributed by atoms with Crippen LogP contribution in [-0.4, -0.2) is 5.97 Å². The monoisotopic (exact) mass is 76.0 g/mol. The van der Waals surface area contributed by atoms with E-state index in [-0.39, 0.29) is 0 Å². The van der Waals surface area contributed by atoms with Gasteiger partial charge in [0.05, 0.1) is 0 Å². The molecular weight excluding hydrogens is 71.0 g/mol. The van der Waals surface area contributed by atoms with E-state index in [0.29, 0.717) is 0 Å². The quantitative estimate of drug-likeness (QED) is 0.250. The third-order valence-electron chi connectivity index (χ3n) is 0.178. The van der Waals surface area contributed by atoms with Crippen LogP contribution >= 0.6 is 0 Å². The molecule has 0 aliphatic heterocycles. The van der Waals surface area contributed by atoms with Crippen LogP contribution in [0.25, 0.3) is 0 Å². The van der Waals surface area contributed by atoms with Gasteiger partial charge in [-0.2, -0.15) is 9.49 Å². The average molecular weight is 76.1 g/mol. The number of halogens is 1. The molecule has 0 radical (unpaired) electrons. The van der Waals surface area contributed by atoms with E-state index in [1.807, 2.05) is 0 Å². The van der Waals surface area contributed by atoms with Crippen LogP contribution in [0.15, 0.2) is 5.10 Å². The van der Waals surface area contributed by atoms with Gasteiger partial charge in [0, 0.05) is 6.92 Å². The van der Waals surface area contributed by atoms with Crippen LogP contribution in [0.3, 0.4) is 0 Å². The van der Waals surface area contributed by atoms with Crippen LogP contribution in [0.4, 0.5) is 4.39 Å². The van der Waals surface area contributed by atoms with Gasteiger partial charge in [0.2, 0.25) is 5.97 Å². The third kappa shape index (κ3) is 3.40. The summed E-state index contributed by atoms with van der Waals surface area (Å²) < 4.78 is 11.1. The molecule has 2 N–H and O–H groups in total. The van der Waals surface area contributed by atoms with Crippen molar-refractivity contribution in [3.8, 4) is 0 Å². The molecule has 0 rings (SSSR count). The summed E-state index contributed by atoms with van der Waals surface area (Å²) in [5.41, 5.74) is 0. The van der Waals surface area contributed by atoms with E-state index in [1.54, 1.807) is 0 Å². The maximum atomic E-state index is 11.1. The van der Waals surface area contributed by atoms with Gasteiger partial charge in [-0.3, -0.25) is 0 Å². The van der Waals surface area contributed by atoms with Crippen molar-refractivity contribution in [1.82, 2.24) is 0 Å². The summed E-state index contributed by atoms with van der Waals surface area (Å²) in [5.74, 6) is 3.79. The first-order valence-electron chi connectivity index (χ1n) is 1.17. The molecule has 0 saturated heterocycles. The SMILES string of the molecule is CC(F)=NN. The Bertz CT molecular complexity index is 45.6. The van der Waals surface area contributed by atoms with Gasteiger partial charge < -0.3 is 5.84 Å². The van der Waals surface area contributed by atoms with Crippen molar-refractivity contribution in [2.24, 2.45) is 10.9 Å². The predicted octanol–water partition coefficient (Wildman–Crippen LogP) is 0.248. The molecule has 0 bridgehead atoms. The fourth-order valence-corrected chi connectivity index (χ4v) is 0. The molecule has 0 aromatic heterocycles.